The third kappa shape index (κ3) is 4.10. The van der Waals surface area contributed by atoms with Crippen molar-refractivity contribution in [1.82, 2.24) is 15.6 Å². The number of anilines is 1. The van der Waals surface area contributed by atoms with Crippen molar-refractivity contribution in [3.63, 3.8) is 0 Å². The monoisotopic (exact) mass is 499 g/mol. The van der Waals surface area contributed by atoms with Crippen LogP contribution in [0.25, 0.3) is 0 Å². The van der Waals surface area contributed by atoms with Crippen LogP contribution in [0.2, 0.25) is 0 Å². The molecule has 0 aromatic carbocycles. The predicted octanol–water partition coefficient (Wildman–Crippen LogP) is 2.96. The number of nitrogens with one attached hydrogen (secondary N) is 2. The molecule has 0 spiro atoms. The molecule has 0 bridgehead atoms. The van der Waals surface area contributed by atoms with Gasteiger partial charge in [0.15, 0.2) is 5.96 Å². The van der Waals surface area contributed by atoms with E-state index in [9.17, 15) is 0 Å². The zero-order valence-corrected chi connectivity index (χ0v) is 19.8. The van der Waals surface area contributed by atoms with Gasteiger partial charge in [0.2, 0.25) is 0 Å². The Morgan fingerprint density at radius 1 is 1.21 bits per heavy atom. The van der Waals surface area contributed by atoms with Crippen LogP contribution in [0.15, 0.2) is 23.3 Å². The van der Waals surface area contributed by atoms with E-state index in [2.05, 4.69) is 58.4 Å². The molecule has 1 saturated carbocycles. The van der Waals surface area contributed by atoms with Gasteiger partial charge in [-0.3, -0.25) is 4.99 Å². The fraction of sp³-hybridized carbons (Fsp3) is 0.714. The molecule has 156 valence electrons. The van der Waals surface area contributed by atoms with E-state index < -0.39 is 0 Å². The van der Waals surface area contributed by atoms with Crippen LogP contribution in [0.4, 0.5) is 5.82 Å². The molecule has 3 aliphatic rings. The SMILES string of the molecule is CN=C(NC1CCN(c2ccc(C)cn2)CC1)NC1C2CCOC2C1(C)C.I. The van der Waals surface area contributed by atoms with E-state index in [0.717, 1.165) is 50.7 Å². The largest absolute Gasteiger partial charge is 0.377 e. The molecular formula is C21H34IN5O. The molecule has 0 amide bonds. The minimum Gasteiger partial charge on any atom is -0.377 e. The number of hydrogen-bond acceptors (Lipinski definition) is 4. The summed E-state index contributed by atoms with van der Waals surface area (Å²) in [5.74, 6) is 2.64. The van der Waals surface area contributed by atoms with Gasteiger partial charge < -0.3 is 20.3 Å². The van der Waals surface area contributed by atoms with Gasteiger partial charge in [0.1, 0.15) is 5.82 Å². The number of guanidine groups is 1. The van der Waals surface area contributed by atoms with Crippen molar-refractivity contribution in [1.29, 1.82) is 0 Å². The van der Waals surface area contributed by atoms with E-state index in [1.165, 1.54) is 5.56 Å². The number of hydrogen-bond donors (Lipinski definition) is 2. The summed E-state index contributed by atoms with van der Waals surface area (Å²) < 4.78 is 5.91. The molecule has 3 fully saturated rings. The second-order valence-corrected chi connectivity index (χ2v) is 8.86. The smallest absolute Gasteiger partial charge is 0.191 e. The maximum Gasteiger partial charge on any atom is 0.191 e. The van der Waals surface area contributed by atoms with Crippen LogP contribution in [0.1, 0.15) is 38.7 Å². The number of halogens is 1. The number of ether oxygens (including phenoxy) is 1. The molecule has 4 rings (SSSR count). The molecule has 2 N–H and O–H groups in total. The second-order valence-electron chi connectivity index (χ2n) is 8.86. The first kappa shape index (κ1) is 21.6. The number of aryl methyl sites for hydroxylation is 1. The summed E-state index contributed by atoms with van der Waals surface area (Å²) >= 11 is 0. The maximum absolute atomic E-state index is 5.91. The molecule has 28 heavy (non-hydrogen) atoms. The number of rotatable bonds is 3. The van der Waals surface area contributed by atoms with Crippen LogP contribution in [0, 0.1) is 18.3 Å². The fourth-order valence-corrected chi connectivity index (χ4v) is 5.03. The number of piperidine rings is 1. The van der Waals surface area contributed by atoms with Gasteiger partial charge in [-0.1, -0.05) is 19.9 Å². The molecule has 1 aromatic rings. The quantitative estimate of drug-likeness (QED) is 0.381. The van der Waals surface area contributed by atoms with Gasteiger partial charge >= 0.3 is 0 Å². The van der Waals surface area contributed by atoms with Crippen LogP contribution in [-0.4, -0.2) is 55.9 Å². The van der Waals surface area contributed by atoms with Crippen molar-refractivity contribution in [2.24, 2.45) is 16.3 Å². The normalized spacial score (nSPS) is 29.5. The minimum absolute atomic E-state index is 0. The molecule has 1 aliphatic carbocycles. The lowest BCUT2D eigenvalue weighted by Crippen LogP contribution is -2.68. The van der Waals surface area contributed by atoms with Gasteiger partial charge in [0, 0.05) is 56.4 Å². The summed E-state index contributed by atoms with van der Waals surface area (Å²) in [6, 6.07) is 5.16. The molecular weight excluding hydrogens is 465 g/mol. The van der Waals surface area contributed by atoms with Crippen molar-refractivity contribution < 1.29 is 4.74 Å². The van der Waals surface area contributed by atoms with Gasteiger partial charge in [-0.2, -0.15) is 0 Å². The minimum atomic E-state index is 0. The highest BCUT2D eigenvalue weighted by molar-refractivity contribution is 14.0. The lowest BCUT2D eigenvalue weighted by Gasteiger charge is -2.55. The Hall–Kier alpha value is -1.09. The van der Waals surface area contributed by atoms with Crippen molar-refractivity contribution >= 4 is 35.8 Å². The maximum atomic E-state index is 5.91. The molecule has 2 saturated heterocycles. The first-order valence-electron chi connectivity index (χ1n) is 10.3. The van der Waals surface area contributed by atoms with E-state index in [1.54, 1.807) is 0 Å². The van der Waals surface area contributed by atoms with Crippen molar-refractivity contribution in [3.8, 4) is 0 Å². The molecule has 3 heterocycles. The third-order valence-corrected chi connectivity index (χ3v) is 6.67. The Morgan fingerprint density at radius 2 is 1.96 bits per heavy atom. The Kier molecular flexibility index (Phi) is 6.74. The Balaban J connectivity index is 0.00000225. The topological polar surface area (TPSA) is 61.8 Å². The van der Waals surface area contributed by atoms with Crippen LogP contribution in [-0.2, 0) is 4.74 Å². The summed E-state index contributed by atoms with van der Waals surface area (Å²) in [6.45, 7) is 9.63. The average Bonchev–Trinajstić information content (AvgIpc) is 3.13. The lowest BCUT2D eigenvalue weighted by molar-refractivity contribution is -0.106. The molecule has 3 atom stereocenters. The highest BCUT2D eigenvalue weighted by Crippen LogP contribution is 2.52. The van der Waals surface area contributed by atoms with Crippen LogP contribution < -0.4 is 15.5 Å². The van der Waals surface area contributed by atoms with Gasteiger partial charge in [0.25, 0.3) is 0 Å². The number of nitrogens with zero attached hydrogens (tertiary/aromatic N) is 3. The Bertz CT molecular complexity index is 685. The Labute approximate surface area is 185 Å². The van der Waals surface area contributed by atoms with Crippen LogP contribution >= 0.6 is 24.0 Å². The molecule has 3 unspecified atom stereocenters. The van der Waals surface area contributed by atoms with E-state index in [0.29, 0.717) is 24.1 Å². The highest BCUT2D eigenvalue weighted by atomic mass is 127. The number of aromatic nitrogens is 1. The van der Waals surface area contributed by atoms with Crippen molar-refractivity contribution in [3.05, 3.63) is 23.9 Å². The van der Waals surface area contributed by atoms with Gasteiger partial charge in [-0.05, 0) is 37.8 Å². The lowest BCUT2D eigenvalue weighted by atomic mass is 9.57. The van der Waals surface area contributed by atoms with E-state index >= 15 is 0 Å². The fourth-order valence-electron chi connectivity index (χ4n) is 5.03. The summed E-state index contributed by atoms with van der Waals surface area (Å²) in [6.07, 6.45) is 5.70. The van der Waals surface area contributed by atoms with Gasteiger partial charge in [-0.25, -0.2) is 4.98 Å². The third-order valence-electron chi connectivity index (χ3n) is 6.67. The summed E-state index contributed by atoms with van der Waals surface area (Å²) in [5.41, 5.74) is 1.37. The number of fused-ring (bicyclic) bond motifs is 1. The summed E-state index contributed by atoms with van der Waals surface area (Å²) in [4.78, 5) is 11.4. The first-order valence-corrected chi connectivity index (χ1v) is 10.3. The second kappa shape index (κ2) is 8.73. The van der Waals surface area contributed by atoms with Crippen LogP contribution in [0.3, 0.4) is 0 Å². The van der Waals surface area contributed by atoms with Gasteiger partial charge in [-0.15, -0.1) is 24.0 Å². The molecule has 0 radical (unpaired) electrons. The van der Waals surface area contributed by atoms with E-state index in [-0.39, 0.29) is 29.4 Å². The zero-order chi connectivity index (χ0) is 19.0. The molecule has 2 aliphatic heterocycles. The van der Waals surface area contributed by atoms with Crippen molar-refractivity contribution in [2.45, 2.75) is 58.2 Å². The average molecular weight is 499 g/mol. The molecule has 6 nitrogen and oxygen atoms in total. The highest BCUT2D eigenvalue weighted by Gasteiger charge is 2.59. The standard InChI is InChI=1S/C21H33N5O.HI/c1-14-5-6-17(23-13-14)26-10-7-15(8-11-26)24-20(22-4)25-18-16-9-12-27-19(16)21(18,2)3;/h5-6,13,15-16,18-19H,7-12H2,1-4H3,(H2,22,24,25);1H. The number of pyridine rings is 1. The predicted molar refractivity (Wildman–Crippen MR) is 125 cm³/mol. The summed E-state index contributed by atoms with van der Waals surface area (Å²) in [5, 5.41) is 7.35. The van der Waals surface area contributed by atoms with E-state index in [4.69, 9.17) is 4.74 Å². The Morgan fingerprint density at radius 3 is 2.61 bits per heavy atom. The first-order chi connectivity index (χ1) is 13.0. The number of aliphatic imine (C=N–C) groups is 1. The zero-order valence-electron chi connectivity index (χ0n) is 17.4. The molecule has 1 aromatic heterocycles. The van der Waals surface area contributed by atoms with E-state index in [1.807, 2.05) is 13.2 Å². The molecule has 7 heteroatoms. The van der Waals surface area contributed by atoms with Gasteiger partial charge in [0.05, 0.1) is 6.10 Å². The van der Waals surface area contributed by atoms with Crippen molar-refractivity contribution in [2.75, 3.05) is 31.6 Å². The van der Waals surface area contributed by atoms with Crippen LogP contribution in [0.5, 0.6) is 0 Å². The summed E-state index contributed by atoms with van der Waals surface area (Å²) in [7, 11) is 1.87.